The van der Waals surface area contributed by atoms with Gasteiger partial charge in [0.05, 0.1) is 10.4 Å². The van der Waals surface area contributed by atoms with Crippen molar-refractivity contribution >= 4 is 129 Å². The maximum atomic E-state index is 2.52. The minimum atomic E-state index is -0.160. The van der Waals surface area contributed by atoms with E-state index in [4.69, 9.17) is 0 Å². The zero-order chi connectivity index (χ0) is 52.3. The van der Waals surface area contributed by atoms with Crippen molar-refractivity contribution in [3.05, 3.63) is 278 Å². The van der Waals surface area contributed by atoms with E-state index in [-0.39, 0.29) is 5.41 Å². The largest absolute Gasteiger partial charge is 0.310 e. The van der Waals surface area contributed by atoms with Crippen LogP contribution >= 0.6 is 22.7 Å². The van der Waals surface area contributed by atoms with Crippen LogP contribution in [-0.2, 0) is 5.41 Å². The van der Waals surface area contributed by atoms with Crippen molar-refractivity contribution < 1.29 is 0 Å². The number of para-hydroxylation sites is 1. The highest BCUT2D eigenvalue weighted by atomic mass is 32.1. The Morgan fingerprint density at radius 2 is 0.835 bits per heavy atom. The lowest BCUT2D eigenvalue weighted by Crippen LogP contribution is -2.17. The van der Waals surface area contributed by atoms with Gasteiger partial charge in [-0.1, -0.05) is 202 Å². The summed E-state index contributed by atoms with van der Waals surface area (Å²) in [4.78, 5) is 4.97. The monoisotopic (exact) mass is 1040 g/mol. The molecular weight excluding hydrogens is 993 g/mol. The van der Waals surface area contributed by atoms with Gasteiger partial charge in [-0.3, -0.25) is 0 Å². The highest BCUT2D eigenvalue weighted by Gasteiger charge is 2.36. The molecule has 0 radical (unpaired) electrons. The molecule has 2 heterocycles. The Labute approximate surface area is 466 Å². The summed E-state index contributed by atoms with van der Waals surface area (Å²) in [5, 5.41) is 12.7. The summed E-state index contributed by atoms with van der Waals surface area (Å²) in [6.07, 6.45) is 0. The van der Waals surface area contributed by atoms with Crippen molar-refractivity contribution in [3.8, 4) is 33.4 Å². The third-order valence-electron chi connectivity index (χ3n) is 16.8. The standard InChI is InChI=1S/C75H50N2S2/c1-75(2)67-34-17-15-30-58(67)59-41-40-54(44-68(59)75)76(51-38-36-48(37-39-51)47-20-5-3-6-21-47)52-25-19-26-53(43-52)77(50-23-7-4-8-24-50)72-55-27-10-9-22-49(55)42-66-71-61-32-13-11-28-56(61)64(46-70(71)79-74(66)72)63-45-65-60-31-16-18-35-69(60)78-73(65)62-33-14-12-29-57(62)63/h3-46H,1-2H3. The third-order valence-corrected chi connectivity index (χ3v) is 19.2. The van der Waals surface area contributed by atoms with E-state index in [9.17, 15) is 0 Å². The van der Waals surface area contributed by atoms with E-state index >= 15 is 0 Å². The molecule has 16 rings (SSSR count). The van der Waals surface area contributed by atoms with Gasteiger partial charge in [0, 0.05) is 80.3 Å². The summed E-state index contributed by atoms with van der Waals surface area (Å²) >= 11 is 3.82. The molecule has 0 atom stereocenters. The van der Waals surface area contributed by atoms with Crippen molar-refractivity contribution in [1.29, 1.82) is 0 Å². The first kappa shape index (κ1) is 45.8. The van der Waals surface area contributed by atoms with Crippen LogP contribution in [-0.4, -0.2) is 0 Å². The predicted octanol–water partition coefficient (Wildman–Crippen LogP) is 22.5. The number of thiophene rings is 2. The smallest absolute Gasteiger partial charge is 0.0718 e. The minimum Gasteiger partial charge on any atom is -0.310 e. The minimum absolute atomic E-state index is 0.160. The van der Waals surface area contributed by atoms with E-state index < -0.39 is 0 Å². The lowest BCUT2D eigenvalue weighted by molar-refractivity contribution is 0.660. The van der Waals surface area contributed by atoms with Crippen LogP contribution in [0.4, 0.5) is 34.1 Å². The van der Waals surface area contributed by atoms with E-state index in [1.165, 1.54) is 123 Å². The van der Waals surface area contributed by atoms with Crippen molar-refractivity contribution in [2.45, 2.75) is 19.3 Å². The van der Waals surface area contributed by atoms with Gasteiger partial charge in [0.15, 0.2) is 0 Å². The molecule has 13 aromatic carbocycles. The quantitative estimate of drug-likeness (QED) is 0.150. The predicted molar refractivity (Wildman–Crippen MR) is 343 cm³/mol. The van der Waals surface area contributed by atoms with Crippen molar-refractivity contribution in [2.24, 2.45) is 0 Å². The molecule has 372 valence electrons. The number of anilines is 6. The molecule has 0 fully saturated rings. The Morgan fingerprint density at radius 3 is 1.63 bits per heavy atom. The summed E-state index contributed by atoms with van der Waals surface area (Å²) in [5.41, 5.74) is 16.7. The molecule has 1 aliphatic rings. The van der Waals surface area contributed by atoms with Crippen LogP contribution in [0.5, 0.6) is 0 Å². The Bertz CT molecular complexity index is 4930. The maximum absolute atomic E-state index is 2.52. The fraction of sp³-hybridized carbons (Fsp3) is 0.0400. The zero-order valence-corrected chi connectivity index (χ0v) is 45.2. The van der Waals surface area contributed by atoms with E-state index in [0.717, 1.165) is 28.4 Å². The number of fused-ring (bicyclic) bond motifs is 14. The van der Waals surface area contributed by atoms with Gasteiger partial charge in [-0.25, -0.2) is 0 Å². The average Bonchev–Trinajstić information content (AvgIpc) is 4.38. The molecule has 0 saturated carbocycles. The number of hydrogen-bond acceptors (Lipinski definition) is 4. The fourth-order valence-corrected chi connectivity index (χ4v) is 15.6. The topological polar surface area (TPSA) is 6.48 Å². The van der Waals surface area contributed by atoms with Crippen molar-refractivity contribution in [2.75, 3.05) is 9.80 Å². The highest BCUT2D eigenvalue weighted by molar-refractivity contribution is 7.27. The normalized spacial score (nSPS) is 12.8. The first-order chi connectivity index (χ1) is 38.9. The first-order valence-corrected chi connectivity index (χ1v) is 28.9. The van der Waals surface area contributed by atoms with Gasteiger partial charge in [0.1, 0.15) is 0 Å². The Balaban J connectivity index is 0.925. The Hall–Kier alpha value is -9.32. The summed E-state index contributed by atoms with van der Waals surface area (Å²) < 4.78 is 5.19. The maximum Gasteiger partial charge on any atom is 0.0718 e. The van der Waals surface area contributed by atoms with Crippen LogP contribution in [0.15, 0.2) is 267 Å². The van der Waals surface area contributed by atoms with Gasteiger partial charge in [0.2, 0.25) is 0 Å². The van der Waals surface area contributed by atoms with Gasteiger partial charge in [-0.15, -0.1) is 22.7 Å². The number of benzene rings is 13. The Kier molecular flexibility index (Phi) is 10.4. The molecule has 0 N–H and O–H groups in total. The van der Waals surface area contributed by atoms with E-state index in [1.807, 2.05) is 22.7 Å². The summed E-state index contributed by atoms with van der Waals surface area (Å²) in [6.45, 7) is 4.74. The zero-order valence-electron chi connectivity index (χ0n) is 43.6. The van der Waals surface area contributed by atoms with E-state index in [1.54, 1.807) is 0 Å². The van der Waals surface area contributed by atoms with Crippen LogP contribution in [0, 0.1) is 0 Å². The van der Waals surface area contributed by atoms with Crippen LogP contribution in [0.25, 0.3) is 106 Å². The molecule has 15 aromatic rings. The molecule has 2 aromatic heterocycles. The molecular formula is C75H50N2S2. The van der Waals surface area contributed by atoms with Crippen LogP contribution in [0.1, 0.15) is 25.0 Å². The second-order valence-corrected chi connectivity index (χ2v) is 23.7. The van der Waals surface area contributed by atoms with Crippen LogP contribution in [0.2, 0.25) is 0 Å². The van der Waals surface area contributed by atoms with E-state index in [0.29, 0.717) is 0 Å². The summed E-state index contributed by atoms with van der Waals surface area (Å²) in [5.74, 6) is 0. The molecule has 0 spiro atoms. The van der Waals surface area contributed by atoms with Crippen molar-refractivity contribution in [1.82, 2.24) is 0 Å². The van der Waals surface area contributed by atoms with Crippen LogP contribution < -0.4 is 9.80 Å². The molecule has 0 aliphatic heterocycles. The molecule has 79 heavy (non-hydrogen) atoms. The number of rotatable bonds is 8. The van der Waals surface area contributed by atoms with Gasteiger partial charge in [-0.2, -0.15) is 0 Å². The Morgan fingerprint density at radius 1 is 0.291 bits per heavy atom. The molecule has 0 unspecified atom stereocenters. The number of hydrogen-bond donors (Lipinski definition) is 0. The summed E-state index contributed by atoms with van der Waals surface area (Å²) in [6, 6.07) is 99.4. The molecule has 0 amide bonds. The van der Waals surface area contributed by atoms with E-state index in [2.05, 4.69) is 291 Å². The molecule has 1 aliphatic carbocycles. The second-order valence-electron chi connectivity index (χ2n) is 21.6. The van der Waals surface area contributed by atoms with Crippen LogP contribution in [0.3, 0.4) is 0 Å². The van der Waals surface area contributed by atoms with Gasteiger partial charge in [0.25, 0.3) is 0 Å². The average molecular weight is 1040 g/mol. The third kappa shape index (κ3) is 7.15. The fourth-order valence-electron chi connectivity index (χ4n) is 13.1. The molecule has 2 nitrogen and oxygen atoms in total. The van der Waals surface area contributed by atoms with Gasteiger partial charge >= 0.3 is 0 Å². The first-order valence-electron chi connectivity index (χ1n) is 27.2. The lowest BCUT2D eigenvalue weighted by Gasteiger charge is -2.31. The number of nitrogens with zero attached hydrogens (tertiary/aromatic N) is 2. The van der Waals surface area contributed by atoms with Crippen molar-refractivity contribution in [3.63, 3.8) is 0 Å². The molecule has 0 bridgehead atoms. The molecule has 4 heteroatoms. The highest BCUT2D eigenvalue weighted by Crippen LogP contribution is 2.54. The van der Waals surface area contributed by atoms with Gasteiger partial charge in [-0.05, 0) is 145 Å². The second kappa shape index (κ2) is 17.9. The van der Waals surface area contributed by atoms with Gasteiger partial charge < -0.3 is 9.80 Å². The SMILES string of the molecule is CC1(C)c2ccccc2-c2ccc(N(c3ccc(-c4ccccc4)cc3)c3cccc(N(c4ccccc4)c4c5ccccc5cc5c4sc4cc(-c6cc7c8ccccc8sc7c7ccccc67)c6ccccc6c45)c3)cc21. The summed E-state index contributed by atoms with van der Waals surface area (Å²) in [7, 11) is 0. The molecule has 0 saturated heterocycles. The lowest BCUT2D eigenvalue weighted by atomic mass is 9.82.